The molecule has 0 aliphatic rings. The second-order valence-electron chi connectivity index (χ2n) is 29.3. The van der Waals surface area contributed by atoms with Crippen LogP contribution in [0.4, 0.5) is 0 Å². The zero-order valence-electron chi connectivity index (χ0n) is 79.2. The van der Waals surface area contributed by atoms with Crippen LogP contribution in [0.15, 0.2) is 243 Å². The van der Waals surface area contributed by atoms with Gasteiger partial charge in [0.25, 0.3) is 0 Å². The lowest BCUT2D eigenvalue weighted by Crippen LogP contribution is -2.01. The molecule has 0 spiro atoms. The molecule has 0 aliphatic carbocycles. The molecule has 7 aromatic carbocycles. The molecule has 19 heteroatoms. The molecule has 0 saturated heterocycles. The van der Waals surface area contributed by atoms with E-state index in [1.165, 1.54) is 67.0 Å². The van der Waals surface area contributed by atoms with Gasteiger partial charge in [-0.25, -0.2) is 4.79 Å². The Bertz CT molecular complexity index is 3650. The molecule has 0 amide bonds. The highest BCUT2D eigenvalue weighted by atomic mass is 16.5. The third kappa shape index (κ3) is 63.7. The van der Waals surface area contributed by atoms with Gasteiger partial charge in [0, 0.05) is 69.3 Å². The van der Waals surface area contributed by atoms with Gasteiger partial charge in [-0.3, -0.25) is 23.4 Å². The fraction of sp³-hybridized carbons (Fsp3) is 0.475. The zero-order chi connectivity index (χ0) is 90.4. The van der Waals surface area contributed by atoms with Crippen LogP contribution in [0.25, 0.3) is 22.5 Å². The summed E-state index contributed by atoms with van der Waals surface area (Å²) in [7, 11) is 1.31. The van der Waals surface area contributed by atoms with Crippen molar-refractivity contribution in [2.24, 2.45) is 41.1 Å². The molecule has 5 aromatic heterocycles. The molecule has 12 aromatic rings. The van der Waals surface area contributed by atoms with Gasteiger partial charge in [0.2, 0.25) is 0 Å². The Kier molecular flexibility index (Phi) is 74.4. The van der Waals surface area contributed by atoms with E-state index in [-0.39, 0.29) is 5.69 Å². The lowest BCUT2D eigenvalue weighted by molar-refractivity contribution is 0.0593. The van der Waals surface area contributed by atoms with E-state index in [0.717, 1.165) is 122 Å². The summed E-state index contributed by atoms with van der Waals surface area (Å²) >= 11 is 0. The first-order valence-corrected chi connectivity index (χ1v) is 44.1. The molecule has 0 atom stereocenters. The standard InChI is InChI=1S/2C10H11N3.5C8H10.C6H9N3O2.2C5H10N4.5C5H12/c2*1-2-13-8-10(11-12-13)9-6-4-3-5-7-9;5*1-2-8-6-4-3-5-7-8;1-3-9-4-5(7-8-9)6(10)11-2;2*1-2-9-4-5(3-6)7-8-9;5*1-4-5(2)3/h2*3-8H,2H2,1H3;5*3-7H,2H2,1H3;4H,3H2,1-2H3;2*4H,2-3,6H2,1H3;5*5H,4H2,1-3H3. The van der Waals surface area contributed by atoms with Crippen molar-refractivity contribution < 1.29 is 9.53 Å². The Hall–Kier alpha value is -10.4. The molecule has 0 fully saturated rings. The lowest BCUT2D eigenvalue weighted by atomic mass is 10.2. The number of nitrogens with two attached hydrogens (primary N) is 2. The monoisotopic (exact) mass is 1640 g/mol. The van der Waals surface area contributed by atoms with Gasteiger partial charge in [-0.1, -0.05) is 409 Å². The van der Waals surface area contributed by atoms with Gasteiger partial charge in [0.1, 0.15) is 11.4 Å². The third-order valence-electron chi connectivity index (χ3n) is 17.7. The van der Waals surface area contributed by atoms with Crippen LogP contribution >= 0.6 is 0 Å². The summed E-state index contributed by atoms with van der Waals surface area (Å²) in [6.45, 7) is 59.1. The topological polar surface area (TPSA) is 232 Å². The van der Waals surface area contributed by atoms with Crippen molar-refractivity contribution in [3.8, 4) is 22.5 Å². The van der Waals surface area contributed by atoms with E-state index in [9.17, 15) is 4.79 Å². The molecular formula is C101H161N17O2. The van der Waals surface area contributed by atoms with E-state index in [0.29, 0.717) is 19.6 Å². The maximum atomic E-state index is 10.8. The average molecular weight is 1650 g/mol. The number of aromatic nitrogens is 15. The quantitative estimate of drug-likeness (QED) is 0.0676. The number of methoxy groups -OCH3 is 1. The number of carbonyl (C=O) groups is 1. The van der Waals surface area contributed by atoms with Crippen LogP contribution in [0.5, 0.6) is 0 Å². The number of ether oxygens (including phenoxy) is 1. The molecule has 120 heavy (non-hydrogen) atoms. The SMILES string of the molecule is CCC(C)C.CCC(C)C.CCC(C)C.CCC(C)C.CCC(C)C.CCc1ccccc1.CCc1ccccc1.CCc1ccccc1.CCc1ccccc1.CCc1ccccc1.CCn1cc(-c2ccccc2)nn1.CCn1cc(-c2ccccc2)nn1.CCn1cc(C(=O)OC)nn1.CCn1cc(CN)nn1.CCn1cc(CN)nn1. The Morgan fingerprint density at radius 2 is 0.475 bits per heavy atom. The number of rotatable bonds is 20. The van der Waals surface area contributed by atoms with Crippen LogP contribution in [-0.2, 0) is 82.7 Å². The molecule has 19 nitrogen and oxygen atoms in total. The number of esters is 1. The summed E-state index contributed by atoms with van der Waals surface area (Å²) in [5.41, 5.74) is 23.7. The molecule has 662 valence electrons. The largest absolute Gasteiger partial charge is 0.464 e. The Balaban J connectivity index is -0.00000124. The van der Waals surface area contributed by atoms with Crippen LogP contribution in [-0.4, -0.2) is 88.0 Å². The maximum Gasteiger partial charge on any atom is 0.360 e. The highest BCUT2D eigenvalue weighted by Crippen LogP contribution is 2.16. The minimum absolute atomic E-state index is 0.245. The van der Waals surface area contributed by atoms with Crippen molar-refractivity contribution >= 4 is 5.97 Å². The highest BCUT2D eigenvalue weighted by molar-refractivity contribution is 5.86. The van der Waals surface area contributed by atoms with Crippen LogP contribution in [0.2, 0.25) is 0 Å². The van der Waals surface area contributed by atoms with Gasteiger partial charge >= 0.3 is 5.97 Å². The molecule has 0 unspecified atom stereocenters. The number of hydrogen-bond donors (Lipinski definition) is 2. The predicted octanol–water partition coefficient (Wildman–Crippen LogP) is 25.0. The second-order valence-corrected chi connectivity index (χ2v) is 29.3. The number of benzene rings is 7. The Morgan fingerprint density at radius 3 is 0.625 bits per heavy atom. The highest BCUT2D eigenvalue weighted by Gasteiger charge is 2.09. The molecular weight excluding hydrogens is 1480 g/mol. The van der Waals surface area contributed by atoms with Crippen LogP contribution in [0.1, 0.15) is 255 Å². The molecule has 0 saturated carbocycles. The summed E-state index contributed by atoms with van der Waals surface area (Å²) in [6, 6.07) is 72.4. The first-order valence-electron chi connectivity index (χ1n) is 44.1. The predicted molar refractivity (Wildman–Crippen MR) is 511 cm³/mol. The van der Waals surface area contributed by atoms with Crippen LogP contribution in [0.3, 0.4) is 0 Å². The van der Waals surface area contributed by atoms with Gasteiger partial charge in [-0.05, 0) is 124 Å². The van der Waals surface area contributed by atoms with Crippen molar-refractivity contribution in [1.29, 1.82) is 0 Å². The van der Waals surface area contributed by atoms with E-state index < -0.39 is 5.97 Å². The zero-order valence-corrected chi connectivity index (χ0v) is 79.2. The van der Waals surface area contributed by atoms with Crippen LogP contribution < -0.4 is 11.5 Å². The Labute approximate surface area is 728 Å². The van der Waals surface area contributed by atoms with Crippen molar-refractivity contribution in [1.82, 2.24) is 75.0 Å². The van der Waals surface area contributed by atoms with Gasteiger partial charge in [-0.2, -0.15) is 0 Å². The summed E-state index contributed by atoms with van der Waals surface area (Å²) in [6.07, 6.45) is 21.4. The number of aryl methyl sites for hydroxylation is 10. The van der Waals surface area contributed by atoms with E-state index in [2.05, 4.69) is 316 Å². The summed E-state index contributed by atoms with van der Waals surface area (Å²) < 4.78 is 13.1. The molecule has 0 bridgehead atoms. The molecule has 0 aliphatic heterocycles. The van der Waals surface area contributed by atoms with Gasteiger partial charge in [0.05, 0.1) is 37.1 Å². The third-order valence-corrected chi connectivity index (χ3v) is 17.7. The van der Waals surface area contributed by atoms with Crippen molar-refractivity contribution in [2.45, 2.75) is 283 Å². The fourth-order valence-corrected chi connectivity index (χ4v) is 7.78. The number of carbonyl (C=O) groups excluding carboxylic acids is 1. The van der Waals surface area contributed by atoms with E-state index in [4.69, 9.17) is 11.5 Å². The molecule has 12 rings (SSSR count). The number of hydrogen-bond acceptors (Lipinski definition) is 14. The first-order chi connectivity index (χ1) is 57.8. The minimum Gasteiger partial charge on any atom is -0.464 e. The van der Waals surface area contributed by atoms with E-state index in [1.54, 1.807) is 20.2 Å². The fourth-order valence-electron chi connectivity index (χ4n) is 7.78. The minimum atomic E-state index is -0.454. The van der Waals surface area contributed by atoms with E-state index in [1.807, 2.05) is 160 Å². The lowest BCUT2D eigenvalue weighted by Gasteiger charge is -1.92. The van der Waals surface area contributed by atoms with Crippen molar-refractivity contribution in [3.63, 3.8) is 0 Å². The smallest absolute Gasteiger partial charge is 0.360 e. The second kappa shape index (κ2) is 78.5. The number of nitrogens with zero attached hydrogens (tertiary/aromatic N) is 15. The summed E-state index contributed by atoms with van der Waals surface area (Å²) in [4.78, 5) is 10.8. The summed E-state index contributed by atoms with van der Waals surface area (Å²) in [5, 5.41) is 38.5. The van der Waals surface area contributed by atoms with Crippen molar-refractivity contribution in [2.75, 3.05) is 7.11 Å². The van der Waals surface area contributed by atoms with Gasteiger partial charge < -0.3 is 16.2 Å². The van der Waals surface area contributed by atoms with Gasteiger partial charge in [0.15, 0.2) is 5.69 Å². The summed E-state index contributed by atoms with van der Waals surface area (Å²) in [5.74, 6) is 3.97. The molecule has 4 N–H and O–H groups in total. The normalized spacial score (nSPS) is 9.64. The molecule has 5 heterocycles. The van der Waals surface area contributed by atoms with E-state index >= 15 is 0 Å². The Morgan fingerprint density at radius 1 is 0.283 bits per heavy atom. The van der Waals surface area contributed by atoms with Crippen molar-refractivity contribution in [3.05, 3.63) is 288 Å². The first kappa shape index (κ1) is 114. The maximum absolute atomic E-state index is 10.8. The van der Waals surface area contributed by atoms with Gasteiger partial charge in [-0.15, -0.1) is 25.5 Å². The molecule has 0 radical (unpaired) electrons. The average Bonchev–Trinajstić information content (AvgIpc) is 1.73. The van der Waals surface area contributed by atoms with Crippen LogP contribution in [0, 0.1) is 29.6 Å².